The number of amides is 2. The molecule has 0 unspecified atom stereocenters. The van der Waals surface area contributed by atoms with Gasteiger partial charge in [0.15, 0.2) is 0 Å². The summed E-state index contributed by atoms with van der Waals surface area (Å²) in [5.74, 6) is -0.252. The van der Waals surface area contributed by atoms with Gasteiger partial charge in [-0.05, 0) is 37.5 Å². The zero-order valence-electron chi connectivity index (χ0n) is 19.1. The number of nitrogens with one attached hydrogen (secondary N) is 1. The molecule has 1 atom stereocenters. The molecule has 1 N–H and O–H groups in total. The molecule has 4 nitrogen and oxygen atoms in total. The van der Waals surface area contributed by atoms with Gasteiger partial charge in [0, 0.05) is 25.4 Å². The fourth-order valence-corrected chi connectivity index (χ4v) is 3.89. The molecule has 0 radical (unpaired) electrons. The molecule has 0 saturated heterocycles. The van der Waals surface area contributed by atoms with Gasteiger partial charge in [0.05, 0.1) is 0 Å². The lowest BCUT2D eigenvalue weighted by molar-refractivity contribution is -0.140. The standard InChI is InChI=1S/C28H32N2O2/c1-4-29-28(32)22(3)30(20-23-17-15-21(2)16-18-23)27(31)19-26(24-11-7-5-8-12-24)25-13-9-6-10-14-25/h5-18,22,26H,4,19-20H2,1-3H3,(H,29,32)/t22-/m1/s1. The molecule has 0 aromatic heterocycles. The van der Waals surface area contributed by atoms with Crippen LogP contribution in [0.4, 0.5) is 0 Å². The lowest BCUT2D eigenvalue weighted by Gasteiger charge is -2.30. The summed E-state index contributed by atoms with van der Waals surface area (Å²) < 4.78 is 0. The van der Waals surface area contributed by atoms with Crippen LogP contribution in [0.5, 0.6) is 0 Å². The first-order chi connectivity index (χ1) is 15.5. The predicted octanol–water partition coefficient (Wildman–Crippen LogP) is 5.07. The van der Waals surface area contributed by atoms with Gasteiger partial charge in [-0.15, -0.1) is 0 Å². The summed E-state index contributed by atoms with van der Waals surface area (Å²) in [6.07, 6.45) is 0.295. The summed E-state index contributed by atoms with van der Waals surface area (Å²) in [5.41, 5.74) is 4.36. The smallest absolute Gasteiger partial charge is 0.242 e. The number of likely N-dealkylation sites (N-methyl/N-ethyl adjacent to an activating group) is 1. The van der Waals surface area contributed by atoms with Gasteiger partial charge in [-0.1, -0.05) is 90.5 Å². The van der Waals surface area contributed by atoms with Crippen molar-refractivity contribution in [3.8, 4) is 0 Å². The van der Waals surface area contributed by atoms with Gasteiger partial charge >= 0.3 is 0 Å². The third kappa shape index (κ3) is 6.07. The number of aryl methyl sites for hydroxylation is 1. The molecular weight excluding hydrogens is 396 g/mol. The van der Waals surface area contributed by atoms with Gasteiger partial charge in [0.1, 0.15) is 6.04 Å². The van der Waals surface area contributed by atoms with Crippen LogP contribution in [0.2, 0.25) is 0 Å². The van der Waals surface area contributed by atoms with Crippen LogP contribution in [0, 0.1) is 6.92 Å². The maximum Gasteiger partial charge on any atom is 0.242 e. The normalized spacial score (nSPS) is 11.8. The molecule has 0 aliphatic carbocycles. The Morgan fingerprint density at radius 1 is 0.844 bits per heavy atom. The summed E-state index contributed by atoms with van der Waals surface area (Å²) in [6, 6.07) is 27.7. The van der Waals surface area contributed by atoms with Crippen LogP contribution in [-0.2, 0) is 16.1 Å². The van der Waals surface area contributed by atoms with E-state index in [0.717, 1.165) is 22.3 Å². The van der Waals surface area contributed by atoms with E-state index < -0.39 is 6.04 Å². The van der Waals surface area contributed by atoms with Gasteiger partial charge in [-0.2, -0.15) is 0 Å². The molecule has 0 saturated carbocycles. The first-order valence-corrected chi connectivity index (χ1v) is 11.2. The van der Waals surface area contributed by atoms with Crippen molar-refractivity contribution in [3.63, 3.8) is 0 Å². The van der Waals surface area contributed by atoms with Crippen molar-refractivity contribution in [2.24, 2.45) is 0 Å². The van der Waals surface area contributed by atoms with E-state index in [9.17, 15) is 9.59 Å². The van der Waals surface area contributed by atoms with Crippen LogP contribution >= 0.6 is 0 Å². The van der Waals surface area contributed by atoms with Crippen molar-refractivity contribution in [1.29, 1.82) is 0 Å². The number of nitrogens with zero attached hydrogens (tertiary/aromatic N) is 1. The molecule has 3 rings (SSSR count). The van der Waals surface area contributed by atoms with Gasteiger partial charge in [0.25, 0.3) is 0 Å². The Hall–Kier alpha value is -3.40. The monoisotopic (exact) mass is 428 g/mol. The number of carbonyl (C=O) groups is 2. The Labute approximate surface area is 191 Å². The molecule has 0 spiro atoms. The average Bonchev–Trinajstić information content (AvgIpc) is 2.83. The lowest BCUT2D eigenvalue weighted by atomic mass is 9.88. The quantitative estimate of drug-likeness (QED) is 0.517. The molecule has 4 heteroatoms. The maximum absolute atomic E-state index is 13.7. The minimum absolute atomic E-state index is 0.0398. The van der Waals surface area contributed by atoms with Crippen LogP contribution in [0.3, 0.4) is 0 Å². The van der Waals surface area contributed by atoms with Crippen molar-refractivity contribution < 1.29 is 9.59 Å². The highest BCUT2D eigenvalue weighted by Crippen LogP contribution is 2.29. The molecule has 0 bridgehead atoms. The SMILES string of the molecule is CCNC(=O)[C@@H](C)N(Cc1ccc(C)cc1)C(=O)CC(c1ccccc1)c1ccccc1. The van der Waals surface area contributed by atoms with E-state index in [-0.39, 0.29) is 17.7 Å². The number of carbonyl (C=O) groups excluding carboxylic acids is 2. The van der Waals surface area contributed by atoms with E-state index in [0.29, 0.717) is 19.5 Å². The Balaban J connectivity index is 1.90. The molecule has 3 aromatic rings. The van der Waals surface area contributed by atoms with Gasteiger partial charge in [-0.25, -0.2) is 0 Å². The predicted molar refractivity (Wildman–Crippen MR) is 129 cm³/mol. The number of hydrogen-bond donors (Lipinski definition) is 1. The van der Waals surface area contributed by atoms with E-state index in [2.05, 4.69) is 29.6 Å². The highest BCUT2D eigenvalue weighted by atomic mass is 16.2. The van der Waals surface area contributed by atoms with Gasteiger partial charge in [-0.3, -0.25) is 9.59 Å². The van der Waals surface area contributed by atoms with E-state index in [1.165, 1.54) is 0 Å². The summed E-state index contributed by atoms with van der Waals surface area (Å²) in [5, 5.41) is 2.86. The molecule has 3 aromatic carbocycles. The summed E-state index contributed by atoms with van der Waals surface area (Å²) in [7, 11) is 0. The van der Waals surface area contributed by atoms with Crippen molar-refractivity contribution in [1.82, 2.24) is 10.2 Å². The molecule has 0 fully saturated rings. The zero-order chi connectivity index (χ0) is 22.9. The molecule has 0 aliphatic rings. The lowest BCUT2D eigenvalue weighted by Crippen LogP contribution is -2.47. The molecule has 2 amide bonds. The summed E-state index contributed by atoms with van der Waals surface area (Å²) >= 11 is 0. The zero-order valence-corrected chi connectivity index (χ0v) is 19.1. The topological polar surface area (TPSA) is 49.4 Å². The van der Waals surface area contributed by atoms with Crippen molar-refractivity contribution in [3.05, 3.63) is 107 Å². The average molecular weight is 429 g/mol. The van der Waals surface area contributed by atoms with E-state index in [1.807, 2.05) is 74.5 Å². The van der Waals surface area contributed by atoms with Crippen LogP contribution in [0.1, 0.15) is 48.4 Å². The van der Waals surface area contributed by atoms with Crippen molar-refractivity contribution >= 4 is 11.8 Å². The Morgan fingerprint density at radius 3 is 1.88 bits per heavy atom. The van der Waals surface area contributed by atoms with Crippen molar-refractivity contribution in [2.75, 3.05) is 6.54 Å². The highest BCUT2D eigenvalue weighted by molar-refractivity contribution is 5.87. The fraction of sp³-hybridized carbons (Fsp3) is 0.286. The van der Waals surface area contributed by atoms with E-state index >= 15 is 0 Å². The molecule has 0 heterocycles. The number of hydrogen-bond acceptors (Lipinski definition) is 2. The first-order valence-electron chi connectivity index (χ1n) is 11.2. The summed E-state index contributed by atoms with van der Waals surface area (Å²) in [6.45, 7) is 6.66. The third-order valence-electron chi connectivity index (χ3n) is 5.77. The minimum atomic E-state index is -0.559. The number of benzene rings is 3. The fourth-order valence-electron chi connectivity index (χ4n) is 3.89. The second-order valence-corrected chi connectivity index (χ2v) is 8.16. The minimum Gasteiger partial charge on any atom is -0.355 e. The van der Waals surface area contributed by atoms with E-state index in [4.69, 9.17) is 0 Å². The largest absolute Gasteiger partial charge is 0.355 e. The Kier molecular flexibility index (Phi) is 8.20. The van der Waals surface area contributed by atoms with Crippen molar-refractivity contribution in [2.45, 2.75) is 45.7 Å². The summed E-state index contributed by atoms with van der Waals surface area (Å²) in [4.78, 5) is 28.0. The van der Waals surface area contributed by atoms with Gasteiger partial charge < -0.3 is 10.2 Å². The molecule has 32 heavy (non-hydrogen) atoms. The highest BCUT2D eigenvalue weighted by Gasteiger charge is 2.28. The maximum atomic E-state index is 13.7. The second kappa shape index (κ2) is 11.3. The first kappa shape index (κ1) is 23.3. The number of rotatable bonds is 9. The second-order valence-electron chi connectivity index (χ2n) is 8.16. The van der Waals surface area contributed by atoms with Crippen LogP contribution in [-0.4, -0.2) is 29.3 Å². The van der Waals surface area contributed by atoms with Crippen LogP contribution in [0.15, 0.2) is 84.9 Å². The van der Waals surface area contributed by atoms with Gasteiger partial charge in [0.2, 0.25) is 11.8 Å². The molecule has 0 aliphatic heterocycles. The third-order valence-corrected chi connectivity index (χ3v) is 5.77. The molecule has 166 valence electrons. The Morgan fingerprint density at radius 2 is 1.38 bits per heavy atom. The van der Waals surface area contributed by atoms with Crippen LogP contribution < -0.4 is 5.32 Å². The molecular formula is C28H32N2O2. The van der Waals surface area contributed by atoms with Crippen LogP contribution in [0.25, 0.3) is 0 Å². The Bertz CT molecular complexity index is 961. The van der Waals surface area contributed by atoms with E-state index in [1.54, 1.807) is 11.8 Å².